The van der Waals surface area contributed by atoms with E-state index in [4.69, 9.17) is 11.6 Å². The maximum atomic E-state index is 6.43. The van der Waals surface area contributed by atoms with E-state index in [2.05, 4.69) is 47.6 Å². The predicted molar refractivity (Wildman–Crippen MR) is 93.7 cm³/mol. The number of anilines is 1. The van der Waals surface area contributed by atoms with Crippen molar-refractivity contribution in [2.45, 2.75) is 51.0 Å². The number of hydrogen-bond acceptors (Lipinski definition) is 2. The molecule has 0 bridgehead atoms. The monoisotopic (exact) mass is 314 g/mol. The molecule has 1 aromatic heterocycles. The Labute approximate surface area is 137 Å². The summed E-state index contributed by atoms with van der Waals surface area (Å²) in [7, 11) is 0. The molecule has 1 aliphatic rings. The lowest BCUT2D eigenvalue weighted by atomic mass is 9.82. The average Bonchev–Trinajstić information content (AvgIpc) is 2.58. The Morgan fingerprint density at radius 3 is 2.50 bits per heavy atom. The van der Waals surface area contributed by atoms with Crippen LogP contribution < -0.4 is 5.32 Å². The van der Waals surface area contributed by atoms with Gasteiger partial charge in [0, 0.05) is 12.2 Å². The van der Waals surface area contributed by atoms with Gasteiger partial charge in [0.1, 0.15) is 0 Å². The second-order valence-corrected chi connectivity index (χ2v) is 6.45. The van der Waals surface area contributed by atoms with Crippen LogP contribution in [0.2, 0.25) is 5.02 Å². The van der Waals surface area contributed by atoms with E-state index >= 15 is 0 Å². The van der Waals surface area contributed by atoms with Crippen molar-refractivity contribution < 1.29 is 0 Å². The fraction of sp³-hybridized carbons (Fsp3) is 0.421. The minimum Gasteiger partial charge on any atom is -0.381 e. The number of halogens is 1. The molecule has 1 N–H and O–H groups in total. The third kappa shape index (κ3) is 3.44. The molecular formula is C19H23ClN2. The van der Waals surface area contributed by atoms with Crippen LogP contribution in [0.25, 0.3) is 0 Å². The summed E-state index contributed by atoms with van der Waals surface area (Å²) >= 11 is 6.43. The van der Waals surface area contributed by atoms with Gasteiger partial charge in [-0.2, -0.15) is 0 Å². The molecule has 1 fully saturated rings. The van der Waals surface area contributed by atoms with Crippen LogP contribution in [-0.2, 0) is 6.42 Å². The standard InChI is InChI=1S/C19H23ClN2/c1-2-17-19(20)18(12-13-21-17)22-16-10-8-15(9-11-16)14-6-4-3-5-7-14/h3-7,12-13,15-16H,2,8-11H2,1H3,(H,21,22). The van der Waals surface area contributed by atoms with Gasteiger partial charge >= 0.3 is 0 Å². The Kier molecular flexibility index (Phi) is 4.99. The van der Waals surface area contributed by atoms with Gasteiger partial charge in [-0.15, -0.1) is 0 Å². The fourth-order valence-electron chi connectivity index (χ4n) is 3.36. The van der Waals surface area contributed by atoms with Crippen molar-refractivity contribution in [3.05, 3.63) is 58.9 Å². The van der Waals surface area contributed by atoms with E-state index in [1.165, 1.54) is 31.2 Å². The van der Waals surface area contributed by atoms with Gasteiger partial charge < -0.3 is 5.32 Å². The third-order valence-corrected chi connectivity index (χ3v) is 5.08. The van der Waals surface area contributed by atoms with Crippen molar-refractivity contribution in [1.29, 1.82) is 0 Å². The van der Waals surface area contributed by atoms with Gasteiger partial charge in [0.15, 0.2) is 0 Å². The van der Waals surface area contributed by atoms with Gasteiger partial charge in [0.2, 0.25) is 0 Å². The van der Waals surface area contributed by atoms with Gasteiger partial charge in [0.05, 0.1) is 16.4 Å². The number of pyridine rings is 1. The summed E-state index contributed by atoms with van der Waals surface area (Å²) in [6.45, 7) is 2.09. The molecule has 0 amide bonds. The van der Waals surface area contributed by atoms with E-state index in [1.807, 2.05) is 12.3 Å². The minimum absolute atomic E-state index is 0.518. The molecule has 22 heavy (non-hydrogen) atoms. The predicted octanol–water partition coefficient (Wildman–Crippen LogP) is 5.44. The highest BCUT2D eigenvalue weighted by Crippen LogP contribution is 2.35. The molecule has 2 nitrogen and oxygen atoms in total. The second kappa shape index (κ2) is 7.15. The molecule has 2 aromatic rings. The SMILES string of the molecule is CCc1nccc(NC2CCC(c3ccccc3)CC2)c1Cl. The Morgan fingerprint density at radius 1 is 1.09 bits per heavy atom. The quantitative estimate of drug-likeness (QED) is 0.813. The maximum absolute atomic E-state index is 6.43. The van der Waals surface area contributed by atoms with Crippen molar-refractivity contribution in [2.75, 3.05) is 5.32 Å². The zero-order chi connectivity index (χ0) is 15.4. The Morgan fingerprint density at radius 2 is 1.82 bits per heavy atom. The second-order valence-electron chi connectivity index (χ2n) is 6.08. The van der Waals surface area contributed by atoms with Crippen LogP contribution in [0.5, 0.6) is 0 Å². The molecule has 1 aliphatic carbocycles. The highest BCUT2D eigenvalue weighted by molar-refractivity contribution is 6.33. The first-order chi connectivity index (χ1) is 10.8. The fourth-order valence-corrected chi connectivity index (χ4v) is 3.66. The first-order valence-electron chi connectivity index (χ1n) is 8.22. The van der Waals surface area contributed by atoms with E-state index in [-0.39, 0.29) is 0 Å². The number of aromatic nitrogens is 1. The number of nitrogens with zero attached hydrogens (tertiary/aromatic N) is 1. The van der Waals surface area contributed by atoms with Crippen molar-refractivity contribution in [3.63, 3.8) is 0 Å². The van der Waals surface area contributed by atoms with E-state index in [0.717, 1.165) is 22.8 Å². The van der Waals surface area contributed by atoms with E-state index in [9.17, 15) is 0 Å². The zero-order valence-corrected chi connectivity index (χ0v) is 13.8. The van der Waals surface area contributed by atoms with Crippen LogP contribution >= 0.6 is 11.6 Å². The van der Waals surface area contributed by atoms with Crippen LogP contribution in [0.4, 0.5) is 5.69 Å². The molecule has 1 heterocycles. The minimum atomic E-state index is 0.518. The highest BCUT2D eigenvalue weighted by Gasteiger charge is 2.22. The van der Waals surface area contributed by atoms with Gasteiger partial charge in [-0.1, -0.05) is 48.9 Å². The smallest absolute Gasteiger partial charge is 0.0852 e. The third-order valence-electron chi connectivity index (χ3n) is 4.65. The summed E-state index contributed by atoms with van der Waals surface area (Å²) in [6, 6.07) is 13.4. The number of nitrogens with one attached hydrogen (secondary N) is 1. The number of benzene rings is 1. The largest absolute Gasteiger partial charge is 0.381 e. The molecule has 1 saturated carbocycles. The lowest BCUT2D eigenvalue weighted by Gasteiger charge is -2.30. The summed E-state index contributed by atoms with van der Waals surface area (Å²) in [5.41, 5.74) is 3.50. The first-order valence-corrected chi connectivity index (χ1v) is 8.60. The average molecular weight is 315 g/mol. The lowest BCUT2D eigenvalue weighted by Crippen LogP contribution is -2.25. The van der Waals surface area contributed by atoms with Crippen LogP contribution in [0.15, 0.2) is 42.6 Å². The first kappa shape index (κ1) is 15.4. The Balaban J connectivity index is 1.61. The Bertz CT molecular complexity index is 604. The number of aryl methyl sites for hydroxylation is 1. The van der Waals surface area contributed by atoms with Crippen LogP contribution in [0.3, 0.4) is 0 Å². The summed E-state index contributed by atoms with van der Waals surface area (Å²) in [5, 5.41) is 4.41. The van der Waals surface area contributed by atoms with Crippen LogP contribution in [-0.4, -0.2) is 11.0 Å². The summed E-state index contributed by atoms with van der Waals surface area (Å²) in [5.74, 6) is 0.707. The highest BCUT2D eigenvalue weighted by atomic mass is 35.5. The number of rotatable bonds is 4. The summed E-state index contributed by atoms with van der Waals surface area (Å²) < 4.78 is 0. The molecule has 0 unspecified atom stereocenters. The molecule has 0 spiro atoms. The molecule has 0 radical (unpaired) electrons. The van der Waals surface area contributed by atoms with Crippen LogP contribution in [0.1, 0.15) is 49.8 Å². The Hall–Kier alpha value is -1.54. The van der Waals surface area contributed by atoms with E-state index < -0.39 is 0 Å². The molecule has 116 valence electrons. The van der Waals surface area contributed by atoms with Crippen molar-refractivity contribution >= 4 is 17.3 Å². The number of hydrogen-bond donors (Lipinski definition) is 1. The lowest BCUT2D eigenvalue weighted by molar-refractivity contribution is 0.412. The molecule has 3 rings (SSSR count). The van der Waals surface area contributed by atoms with E-state index in [1.54, 1.807) is 0 Å². The summed E-state index contributed by atoms with van der Waals surface area (Å²) in [4.78, 5) is 4.33. The zero-order valence-electron chi connectivity index (χ0n) is 13.1. The normalized spacial score (nSPS) is 21.5. The van der Waals surface area contributed by atoms with Gasteiger partial charge in [0.25, 0.3) is 0 Å². The molecule has 1 aromatic carbocycles. The topological polar surface area (TPSA) is 24.9 Å². The molecule has 0 aliphatic heterocycles. The molecule has 3 heteroatoms. The van der Waals surface area contributed by atoms with Crippen molar-refractivity contribution in [3.8, 4) is 0 Å². The molecule has 0 saturated heterocycles. The van der Waals surface area contributed by atoms with Gasteiger partial charge in [-0.05, 0) is 49.7 Å². The van der Waals surface area contributed by atoms with Gasteiger partial charge in [-0.3, -0.25) is 4.98 Å². The molecular weight excluding hydrogens is 292 g/mol. The van der Waals surface area contributed by atoms with Gasteiger partial charge in [-0.25, -0.2) is 0 Å². The van der Waals surface area contributed by atoms with Crippen molar-refractivity contribution in [2.24, 2.45) is 0 Å². The van der Waals surface area contributed by atoms with E-state index in [0.29, 0.717) is 12.0 Å². The van der Waals surface area contributed by atoms with Crippen molar-refractivity contribution in [1.82, 2.24) is 4.98 Å². The molecule has 0 atom stereocenters. The van der Waals surface area contributed by atoms with Crippen LogP contribution in [0, 0.1) is 0 Å². The summed E-state index contributed by atoms with van der Waals surface area (Å²) in [6.07, 6.45) is 7.59. The maximum Gasteiger partial charge on any atom is 0.0852 e.